The highest BCUT2D eigenvalue weighted by molar-refractivity contribution is 6.29. The minimum absolute atomic E-state index is 0.208. The molecule has 1 aromatic heterocycles. The molecule has 0 unspecified atom stereocenters. The number of likely N-dealkylation sites (tertiary alicyclic amines) is 1. The molecule has 1 spiro atoms. The third-order valence-electron chi connectivity index (χ3n) is 4.37. The van der Waals surface area contributed by atoms with Gasteiger partial charge < -0.3 is 4.90 Å². The van der Waals surface area contributed by atoms with Gasteiger partial charge in [0.1, 0.15) is 5.15 Å². The summed E-state index contributed by atoms with van der Waals surface area (Å²) in [5, 5.41) is 0.613. The van der Waals surface area contributed by atoms with Crippen LogP contribution in [0.25, 0.3) is 0 Å². The average Bonchev–Trinajstić information content (AvgIpc) is 2.55. The Morgan fingerprint density at radius 2 is 1.94 bits per heavy atom. The van der Waals surface area contributed by atoms with Crippen LogP contribution in [-0.4, -0.2) is 42.0 Å². The fraction of sp³-hybridized carbons (Fsp3) is 0.615. The van der Waals surface area contributed by atoms with Gasteiger partial charge in [0.25, 0.3) is 0 Å². The molecule has 17 heavy (non-hydrogen) atoms. The van der Waals surface area contributed by atoms with Crippen molar-refractivity contribution in [2.45, 2.75) is 24.9 Å². The first kappa shape index (κ1) is 11.5. The molecule has 3 nitrogen and oxygen atoms in total. The Kier molecular flexibility index (Phi) is 2.65. The van der Waals surface area contributed by atoms with Crippen LogP contribution in [0.2, 0.25) is 5.15 Å². The van der Waals surface area contributed by atoms with Crippen LogP contribution in [0.15, 0.2) is 12.1 Å². The van der Waals surface area contributed by atoms with Crippen LogP contribution in [0.3, 0.4) is 0 Å². The van der Waals surface area contributed by atoms with Gasteiger partial charge in [0.15, 0.2) is 0 Å². The van der Waals surface area contributed by atoms with Crippen LogP contribution in [0.5, 0.6) is 0 Å². The lowest BCUT2D eigenvalue weighted by atomic mass is 9.82. The number of hydrogen-bond donors (Lipinski definition) is 0. The number of piperidine rings is 1. The zero-order chi connectivity index (χ0) is 12.0. The third kappa shape index (κ3) is 1.68. The van der Waals surface area contributed by atoms with Crippen LogP contribution in [-0.2, 0) is 12.1 Å². The Morgan fingerprint density at radius 1 is 1.24 bits per heavy atom. The number of nitrogens with zero attached hydrogens (tertiary/aromatic N) is 3. The molecule has 1 saturated heterocycles. The molecule has 92 valence electrons. The monoisotopic (exact) mass is 251 g/mol. The molecule has 0 radical (unpaired) electrons. The van der Waals surface area contributed by atoms with Gasteiger partial charge in [0.2, 0.25) is 0 Å². The lowest BCUT2D eigenvalue weighted by Crippen LogP contribution is -2.47. The van der Waals surface area contributed by atoms with E-state index >= 15 is 0 Å². The molecule has 0 amide bonds. The van der Waals surface area contributed by atoms with Gasteiger partial charge in [-0.2, -0.15) is 0 Å². The van der Waals surface area contributed by atoms with E-state index in [4.69, 9.17) is 11.6 Å². The fourth-order valence-corrected chi connectivity index (χ4v) is 3.41. The smallest absolute Gasteiger partial charge is 0.129 e. The maximum absolute atomic E-state index is 5.98. The summed E-state index contributed by atoms with van der Waals surface area (Å²) in [6, 6.07) is 4.11. The molecule has 4 heteroatoms. The first-order valence-electron chi connectivity index (χ1n) is 6.17. The van der Waals surface area contributed by atoms with Crippen LogP contribution in [0.1, 0.15) is 24.1 Å². The Hall–Kier alpha value is -0.640. The van der Waals surface area contributed by atoms with E-state index in [1.54, 1.807) is 0 Å². The molecule has 0 aliphatic carbocycles. The molecule has 1 fully saturated rings. The van der Waals surface area contributed by atoms with Crippen molar-refractivity contribution >= 4 is 11.6 Å². The van der Waals surface area contributed by atoms with Crippen molar-refractivity contribution in [2.24, 2.45) is 0 Å². The molecule has 0 saturated carbocycles. The summed E-state index contributed by atoms with van der Waals surface area (Å²) in [7, 11) is 4.41. The minimum atomic E-state index is 0.208. The number of halogens is 1. The quantitative estimate of drug-likeness (QED) is 0.659. The second kappa shape index (κ2) is 3.94. The van der Waals surface area contributed by atoms with E-state index in [2.05, 4.69) is 34.9 Å². The summed E-state index contributed by atoms with van der Waals surface area (Å²) in [5.41, 5.74) is 2.78. The lowest BCUT2D eigenvalue weighted by molar-refractivity contribution is 0.0576. The predicted molar refractivity (Wildman–Crippen MR) is 69.1 cm³/mol. The van der Waals surface area contributed by atoms with Gasteiger partial charge in [0, 0.05) is 6.54 Å². The van der Waals surface area contributed by atoms with E-state index in [-0.39, 0.29) is 5.54 Å². The number of pyridine rings is 1. The summed E-state index contributed by atoms with van der Waals surface area (Å²) in [6.45, 7) is 3.25. The zero-order valence-corrected chi connectivity index (χ0v) is 11.2. The van der Waals surface area contributed by atoms with E-state index < -0.39 is 0 Å². The normalized spacial score (nSPS) is 24.2. The molecule has 2 aliphatic heterocycles. The van der Waals surface area contributed by atoms with Gasteiger partial charge in [-0.3, -0.25) is 4.90 Å². The molecule has 0 N–H and O–H groups in total. The van der Waals surface area contributed by atoms with Crippen molar-refractivity contribution in [1.29, 1.82) is 0 Å². The first-order chi connectivity index (χ1) is 8.12. The number of hydrogen-bond acceptors (Lipinski definition) is 3. The van der Waals surface area contributed by atoms with Crippen molar-refractivity contribution in [1.82, 2.24) is 14.8 Å². The standard InChI is InChI=1S/C13H18ClN3/c1-16-7-5-13(6-8-16)10-3-4-12(14)15-11(10)9-17(13)2/h3-4H,5-9H2,1-2H3. The van der Waals surface area contributed by atoms with Gasteiger partial charge in [-0.25, -0.2) is 4.98 Å². The lowest BCUT2D eigenvalue weighted by Gasteiger charge is -2.43. The summed E-state index contributed by atoms with van der Waals surface area (Å²) in [4.78, 5) is 9.34. The van der Waals surface area contributed by atoms with Gasteiger partial charge in [0.05, 0.1) is 11.2 Å². The van der Waals surface area contributed by atoms with Crippen molar-refractivity contribution in [2.75, 3.05) is 27.2 Å². The van der Waals surface area contributed by atoms with Crippen LogP contribution in [0.4, 0.5) is 0 Å². The third-order valence-corrected chi connectivity index (χ3v) is 4.58. The Bertz CT molecular complexity index is 438. The number of rotatable bonds is 0. The SMILES string of the molecule is CN1CCC2(CC1)c1ccc(Cl)nc1CN2C. The zero-order valence-electron chi connectivity index (χ0n) is 10.4. The van der Waals surface area contributed by atoms with Crippen molar-refractivity contribution < 1.29 is 0 Å². The second-order valence-electron chi connectivity index (χ2n) is 5.32. The number of fused-ring (bicyclic) bond motifs is 2. The fourth-order valence-electron chi connectivity index (χ4n) is 3.24. The summed E-state index contributed by atoms with van der Waals surface area (Å²) in [5.74, 6) is 0. The Balaban J connectivity index is 2.02. The van der Waals surface area contributed by atoms with Gasteiger partial charge >= 0.3 is 0 Å². The molecule has 3 rings (SSSR count). The number of aromatic nitrogens is 1. The largest absolute Gasteiger partial charge is 0.306 e. The Labute approximate surface area is 107 Å². The Morgan fingerprint density at radius 3 is 2.65 bits per heavy atom. The molecule has 0 aromatic carbocycles. The molecular weight excluding hydrogens is 234 g/mol. The second-order valence-corrected chi connectivity index (χ2v) is 5.71. The van der Waals surface area contributed by atoms with E-state index in [0.717, 1.165) is 19.6 Å². The molecule has 1 aromatic rings. The average molecular weight is 252 g/mol. The van der Waals surface area contributed by atoms with E-state index in [9.17, 15) is 0 Å². The van der Waals surface area contributed by atoms with E-state index in [1.807, 2.05) is 6.07 Å². The van der Waals surface area contributed by atoms with E-state index in [0.29, 0.717) is 5.15 Å². The summed E-state index contributed by atoms with van der Waals surface area (Å²) < 4.78 is 0. The van der Waals surface area contributed by atoms with Crippen LogP contribution >= 0.6 is 11.6 Å². The highest BCUT2D eigenvalue weighted by atomic mass is 35.5. The topological polar surface area (TPSA) is 19.4 Å². The maximum atomic E-state index is 5.98. The van der Waals surface area contributed by atoms with Crippen molar-refractivity contribution in [3.8, 4) is 0 Å². The van der Waals surface area contributed by atoms with E-state index in [1.165, 1.54) is 24.1 Å². The first-order valence-corrected chi connectivity index (χ1v) is 6.55. The van der Waals surface area contributed by atoms with Gasteiger partial charge in [-0.15, -0.1) is 0 Å². The van der Waals surface area contributed by atoms with Crippen LogP contribution < -0.4 is 0 Å². The highest BCUT2D eigenvalue weighted by Gasteiger charge is 2.45. The molecule has 3 heterocycles. The van der Waals surface area contributed by atoms with Crippen molar-refractivity contribution in [3.63, 3.8) is 0 Å². The van der Waals surface area contributed by atoms with Gasteiger partial charge in [-0.1, -0.05) is 17.7 Å². The molecular formula is C13H18ClN3. The molecule has 0 atom stereocenters. The highest BCUT2D eigenvalue weighted by Crippen LogP contribution is 2.44. The van der Waals surface area contributed by atoms with Crippen molar-refractivity contribution in [3.05, 3.63) is 28.5 Å². The maximum Gasteiger partial charge on any atom is 0.129 e. The molecule has 2 aliphatic rings. The summed E-state index contributed by atoms with van der Waals surface area (Å²) in [6.07, 6.45) is 2.38. The van der Waals surface area contributed by atoms with Crippen LogP contribution in [0, 0.1) is 0 Å². The van der Waals surface area contributed by atoms with Gasteiger partial charge in [-0.05, 0) is 51.7 Å². The molecule has 0 bridgehead atoms. The minimum Gasteiger partial charge on any atom is -0.306 e. The predicted octanol–water partition coefficient (Wildman–Crippen LogP) is 2.10. The summed E-state index contributed by atoms with van der Waals surface area (Å²) >= 11 is 5.98.